The van der Waals surface area contributed by atoms with Crippen LogP contribution in [0.4, 0.5) is 5.82 Å². The second kappa shape index (κ2) is 8.04. The Labute approximate surface area is 160 Å². The number of alkyl halides is 1. The summed E-state index contributed by atoms with van der Waals surface area (Å²) in [6, 6.07) is 10.3. The molecule has 0 spiro atoms. The monoisotopic (exact) mass is 372 g/mol. The zero-order valence-electron chi connectivity index (χ0n) is 15.6. The van der Waals surface area contributed by atoms with Crippen molar-refractivity contribution in [3.05, 3.63) is 41.6 Å². The Morgan fingerprint density at radius 2 is 2.00 bits per heavy atom. The quantitative estimate of drug-likeness (QED) is 0.754. The molecule has 1 amide bonds. The van der Waals surface area contributed by atoms with Gasteiger partial charge < -0.3 is 9.80 Å². The standard InChI is InChI=1S/C20H25ClN4O/c1-14(2)24(3)20-16-13-25(18(26)9-11-21)12-10-17(16)22-19(23-20)15-7-5-4-6-8-15/h4-8,14H,9-13H2,1-3H3. The number of carbonyl (C=O) groups is 1. The topological polar surface area (TPSA) is 49.3 Å². The van der Waals surface area contributed by atoms with Gasteiger partial charge in [0.25, 0.3) is 0 Å². The number of amides is 1. The van der Waals surface area contributed by atoms with Gasteiger partial charge in [-0.05, 0) is 13.8 Å². The fourth-order valence-electron chi connectivity index (χ4n) is 3.10. The van der Waals surface area contributed by atoms with E-state index in [2.05, 4.69) is 18.7 Å². The summed E-state index contributed by atoms with van der Waals surface area (Å²) in [6.07, 6.45) is 1.11. The van der Waals surface area contributed by atoms with Crippen LogP contribution in [0.1, 0.15) is 31.5 Å². The zero-order chi connectivity index (χ0) is 18.7. The first kappa shape index (κ1) is 18.6. The molecule has 0 saturated carbocycles. The molecule has 6 heteroatoms. The fourth-order valence-corrected chi connectivity index (χ4v) is 3.26. The Morgan fingerprint density at radius 1 is 1.27 bits per heavy atom. The minimum atomic E-state index is 0.0935. The van der Waals surface area contributed by atoms with Crippen LogP contribution in [-0.2, 0) is 17.8 Å². The maximum absolute atomic E-state index is 12.3. The van der Waals surface area contributed by atoms with Gasteiger partial charge in [0.1, 0.15) is 5.82 Å². The van der Waals surface area contributed by atoms with Crippen LogP contribution in [-0.4, -0.2) is 46.3 Å². The minimum absolute atomic E-state index is 0.0935. The average molecular weight is 373 g/mol. The Hall–Kier alpha value is -2.14. The molecule has 0 aliphatic carbocycles. The van der Waals surface area contributed by atoms with Crippen LogP contribution < -0.4 is 4.90 Å². The molecule has 0 N–H and O–H groups in total. The molecule has 0 saturated heterocycles. The van der Waals surface area contributed by atoms with Crippen molar-refractivity contribution in [2.24, 2.45) is 0 Å². The molecule has 1 aliphatic rings. The molecule has 0 radical (unpaired) electrons. The summed E-state index contributed by atoms with van der Waals surface area (Å²) in [7, 11) is 2.04. The van der Waals surface area contributed by atoms with Gasteiger partial charge in [0.15, 0.2) is 5.82 Å². The zero-order valence-corrected chi connectivity index (χ0v) is 16.3. The van der Waals surface area contributed by atoms with Crippen molar-refractivity contribution in [1.82, 2.24) is 14.9 Å². The highest BCUT2D eigenvalue weighted by molar-refractivity contribution is 6.18. The number of hydrogen-bond acceptors (Lipinski definition) is 4. The van der Waals surface area contributed by atoms with Crippen LogP contribution in [0, 0.1) is 0 Å². The first-order valence-electron chi connectivity index (χ1n) is 9.03. The molecule has 2 heterocycles. The van der Waals surface area contributed by atoms with E-state index in [-0.39, 0.29) is 5.91 Å². The predicted molar refractivity (Wildman–Crippen MR) is 105 cm³/mol. The number of fused-ring (bicyclic) bond motifs is 1. The second-order valence-corrected chi connectivity index (χ2v) is 7.25. The SMILES string of the molecule is CC(C)N(C)c1nc(-c2ccccc2)nc2c1CN(C(=O)CCCl)CC2. The van der Waals surface area contributed by atoms with E-state index in [4.69, 9.17) is 21.6 Å². The maximum Gasteiger partial charge on any atom is 0.224 e. The Balaban J connectivity index is 2.04. The molecular formula is C20H25ClN4O. The second-order valence-electron chi connectivity index (χ2n) is 6.87. The third-order valence-electron chi connectivity index (χ3n) is 4.84. The fraction of sp³-hybridized carbons (Fsp3) is 0.450. The number of halogens is 1. The molecule has 138 valence electrons. The Bertz CT molecular complexity index is 779. The summed E-state index contributed by atoms with van der Waals surface area (Å²) in [6.45, 7) is 5.50. The molecule has 0 fully saturated rings. The lowest BCUT2D eigenvalue weighted by Gasteiger charge is -2.33. The average Bonchev–Trinajstić information content (AvgIpc) is 2.67. The predicted octanol–water partition coefficient (Wildman–Crippen LogP) is 3.50. The maximum atomic E-state index is 12.3. The van der Waals surface area contributed by atoms with E-state index in [0.717, 1.165) is 34.9 Å². The number of rotatable bonds is 5. The number of benzene rings is 1. The van der Waals surface area contributed by atoms with Gasteiger partial charge in [0.2, 0.25) is 5.91 Å². The lowest BCUT2D eigenvalue weighted by atomic mass is 10.0. The third kappa shape index (κ3) is 3.83. The lowest BCUT2D eigenvalue weighted by Crippen LogP contribution is -2.38. The smallest absolute Gasteiger partial charge is 0.224 e. The van der Waals surface area contributed by atoms with Gasteiger partial charge in [-0.3, -0.25) is 4.79 Å². The number of nitrogens with zero attached hydrogens (tertiary/aromatic N) is 4. The van der Waals surface area contributed by atoms with Gasteiger partial charge in [-0.1, -0.05) is 30.3 Å². The van der Waals surface area contributed by atoms with Gasteiger partial charge in [-0.15, -0.1) is 11.6 Å². The van der Waals surface area contributed by atoms with Crippen molar-refractivity contribution in [2.45, 2.75) is 39.3 Å². The minimum Gasteiger partial charge on any atom is -0.357 e. The van der Waals surface area contributed by atoms with E-state index in [1.807, 2.05) is 42.3 Å². The molecule has 26 heavy (non-hydrogen) atoms. The van der Waals surface area contributed by atoms with E-state index in [1.165, 1.54) is 0 Å². The molecule has 1 aromatic carbocycles. The van der Waals surface area contributed by atoms with Crippen LogP contribution in [0.25, 0.3) is 11.4 Å². The first-order valence-corrected chi connectivity index (χ1v) is 9.56. The molecule has 3 rings (SSSR count). The van der Waals surface area contributed by atoms with Crippen molar-refractivity contribution in [2.75, 3.05) is 24.4 Å². The van der Waals surface area contributed by atoms with Crippen molar-refractivity contribution in [1.29, 1.82) is 0 Å². The van der Waals surface area contributed by atoms with E-state index in [0.29, 0.717) is 31.4 Å². The molecular weight excluding hydrogens is 348 g/mol. The summed E-state index contributed by atoms with van der Waals surface area (Å²) in [4.78, 5) is 26.0. The number of hydrogen-bond donors (Lipinski definition) is 0. The van der Waals surface area contributed by atoms with Crippen molar-refractivity contribution >= 4 is 23.3 Å². The van der Waals surface area contributed by atoms with Crippen molar-refractivity contribution in [3.8, 4) is 11.4 Å². The van der Waals surface area contributed by atoms with Gasteiger partial charge in [-0.25, -0.2) is 9.97 Å². The molecule has 1 aliphatic heterocycles. The summed E-state index contributed by atoms with van der Waals surface area (Å²) < 4.78 is 0. The van der Waals surface area contributed by atoms with E-state index < -0.39 is 0 Å². The van der Waals surface area contributed by atoms with Gasteiger partial charge in [-0.2, -0.15) is 0 Å². The molecule has 2 aromatic rings. The highest BCUT2D eigenvalue weighted by Crippen LogP contribution is 2.30. The number of anilines is 1. The normalized spacial score (nSPS) is 13.7. The third-order valence-corrected chi connectivity index (χ3v) is 5.03. The highest BCUT2D eigenvalue weighted by atomic mass is 35.5. The van der Waals surface area contributed by atoms with Crippen LogP contribution in [0.5, 0.6) is 0 Å². The van der Waals surface area contributed by atoms with E-state index >= 15 is 0 Å². The van der Waals surface area contributed by atoms with Crippen molar-refractivity contribution < 1.29 is 4.79 Å². The number of aromatic nitrogens is 2. The van der Waals surface area contributed by atoms with Crippen LogP contribution in [0.2, 0.25) is 0 Å². The van der Waals surface area contributed by atoms with Crippen LogP contribution in [0.3, 0.4) is 0 Å². The molecule has 0 bridgehead atoms. The van der Waals surface area contributed by atoms with E-state index in [1.54, 1.807) is 0 Å². The summed E-state index contributed by atoms with van der Waals surface area (Å²) >= 11 is 5.75. The summed E-state index contributed by atoms with van der Waals surface area (Å²) in [5, 5.41) is 0. The molecule has 0 atom stereocenters. The molecule has 0 unspecified atom stereocenters. The van der Waals surface area contributed by atoms with Gasteiger partial charge in [0, 0.05) is 49.5 Å². The summed E-state index contributed by atoms with van der Waals surface area (Å²) in [5.41, 5.74) is 3.10. The molecule has 5 nitrogen and oxygen atoms in total. The largest absolute Gasteiger partial charge is 0.357 e. The van der Waals surface area contributed by atoms with E-state index in [9.17, 15) is 4.79 Å². The molecule has 1 aromatic heterocycles. The van der Waals surface area contributed by atoms with Crippen LogP contribution >= 0.6 is 11.6 Å². The Morgan fingerprint density at radius 3 is 2.65 bits per heavy atom. The van der Waals surface area contributed by atoms with Crippen LogP contribution in [0.15, 0.2) is 30.3 Å². The Kier molecular flexibility index (Phi) is 5.77. The first-order chi connectivity index (χ1) is 12.5. The van der Waals surface area contributed by atoms with Crippen molar-refractivity contribution in [3.63, 3.8) is 0 Å². The summed E-state index contributed by atoms with van der Waals surface area (Å²) in [5.74, 6) is 2.10. The highest BCUT2D eigenvalue weighted by Gasteiger charge is 2.27. The number of carbonyl (C=O) groups excluding carboxylic acids is 1. The van der Waals surface area contributed by atoms with Gasteiger partial charge in [0.05, 0.1) is 12.2 Å². The van der Waals surface area contributed by atoms with Gasteiger partial charge >= 0.3 is 0 Å². The lowest BCUT2D eigenvalue weighted by molar-refractivity contribution is -0.131.